The van der Waals surface area contributed by atoms with Gasteiger partial charge in [-0.3, -0.25) is 4.79 Å². The summed E-state index contributed by atoms with van der Waals surface area (Å²) in [4.78, 5) is 15.5. The number of rotatable bonds is 23. The number of carbonyl (C=O) groups is 1. The summed E-state index contributed by atoms with van der Waals surface area (Å²) in [6.07, 6.45) is 26.9. The first kappa shape index (κ1) is 30.3. The number of hydrogen-bond acceptors (Lipinski definition) is 2. The highest BCUT2D eigenvalue weighted by Crippen LogP contribution is 2.22. The lowest BCUT2D eigenvalue weighted by molar-refractivity contribution is -0.121. The molecule has 1 heterocycles. The molecule has 0 atom stereocenters. The zero-order valence-corrected chi connectivity index (χ0v) is 23.6. The molecule has 36 heavy (non-hydrogen) atoms. The molecule has 1 amide bonds. The van der Waals surface area contributed by atoms with E-state index in [9.17, 15) is 4.79 Å². The van der Waals surface area contributed by atoms with Gasteiger partial charge in [-0.15, -0.1) is 0 Å². The summed E-state index contributed by atoms with van der Waals surface area (Å²) in [5.41, 5.74) is 3.57. The molecule has 0 fully saturated rings. The molecule has 4 heteroatoms. The molecule has 1 aromatic heterocycles. The minimum absolute atomic E-state index is 0.198. The molecular formula is C32H55N3O. The predicted octanol–water partition coefficient (Wildman–Crippen LogP) is 9.30. The number of aromatic amines is 1. The number of nitrogens with one attached hydrogen (secondary N) is 3. The average Bonchev–Trinajstić information content (AvgIpc) is 3.28. The van der Waals surface area contributed by atoms with Crippen molar-refractivity contribution in [3.8, 4) is 0 Å². The third-order valence-corrected chi connectivity index (χ3v) is 7.37. The fourth-order valence-electron chi connectivity index (χ4n) is 5.13. The largest absolute Gasteiger partial charge is 0.385 e. The molecule has 0 bridgehead atoms. The SMILES string of the molecule is CCCCCCCCCCCCCCCCCCCC(=O)NCCc1c[nH]c2ccc(NCC)cc12. The summed E-state index contributed by atoms with van der Waals surface area (Å²) in [7, 11) is 0. The number of unbranched alkanes of at least 4 members (excludes halogenated alkanes) is 16. The van der Waals surface area contributed by atoms with Gasteiger partial charge in [-0.05, 0) is 43.5 Å². The van der Waals surface area contributed by atoms with Crippen molar-refractivity contribution in [3.05, 3.63) is 30.0 Å². The minimum atomic E-state index is 0.198. The Balaban J connectivity index is 1.37. The maximum absolute atomic E-state index is 12.2. The Morgan fingerprint density at radius 3 is 1.86 bits per heavy atom. The van der Waals surface area contributed by atoms with Gasteiger partial charge in [0.15, 0.2) is 0 Å². The van der Waals surface area contributed by atoms with Gasteiger partial charge in [-0.1, -0.05) is 110 Å². The van der Waals surface area contributed by atoms with Gasteiger partial charge >= 0.3 is 0 Å². The molecule has 0 unspecified atom stereocenters. The Kier molecular flexibility index (Phi) is 16.9. The standard InChI is InChI=1S/C32H55N3O/c1-3-5-6-7-8-9-10-11-12-13-14-15-16-17-18-19-20-21-32(36)34-25-24-28-27-35-31-23-22-29(33-4-2)26-30(28)31/h22-23,26-27,33,35H,3-21,24-25H2,1-2H3,(H,34,36). The highest BCUT2D eigenvalue weighted by Gasteiger charge is 2.06. The van der Waals surface area contributed by atoms with Crippen LogP contribution in [-0.4, -0.2) is 24.0 Å². The van der Waals surface area contributed by atoms with E-state index in [4.69, 9.17) is 0 Å². The first-order valence-electron chi connectivity index (χ1n) is 15.3. The van der Waals surface area contributed by atoms with E-state index < -0.39 is 0 Å². The Labute approximate surface area is 221 Å². The van der Waals surface area contributed by atoms with Crippen molar-refractivity contribution in [3.63, 3.8) is 0 Å². The van der Waals surface area contributed by atoms with Crippen LogP contribution in [0.15, 0.2) is 24.4 Å². The number of fused-ring (bicyclic) bond motifs is 1. The summed E-state index contributed by atoms with van der Waals surface area (Å²) in [6.45, 7) is 6.02. The molecule has 0 aliphatic carbocycles. The molecule has 1 aromatic carbocycles. The molecule has 0 spiro atoms. The molecule has 0 saturated heterocycles. The van der Waals surface area contributed by atoms with Gasteiger partial charge in [0, 0.05) is 42.3 Å². The van der Waals surface area contributed by atoms with Crippen LogP contribution in [0.25, 0.3) is 10.9 Å². The zero-order valence-electron chi connectivity index (χ0n) is 23.6. The fourth-order valence-corrected chi connectivity index (χ4v) is 5.13. The average molecular weight is 498 g/mol. The third kappa shape index (κ3) is 13.4. The minimum Gasteiger partial charge on any atom is -0.385 e. The van der Waals surface area contributed by atoms with Crippen LogP contribution in [-0.2, 0) is 11.2 Å². The van der Waals surface area contributed by atoms with Crippen molar-refractivity contribution in [2.45, 2.75) is 136 Å². The lowest BCUT2D eigenvalue weighted by Crippen LogP contribution is -2.25. The van der Waals surface area contributed by atoms with Crippen molar-refractivity contribution in [1.29, 1.82) is 0 Å². The summed E-state index contributed by atoms with van der Waals surface area (Å²) in [5.74, 6) is 0.198. The Bertz CT molecular complexity index is 813. The van der Waals surface area contributed by atoms with Crippen LogP contribution in [0, 0.1) is 0 Å². The van der Waals surface area contributed by atoms with Gasteiger partial charge in [0.1, 0.15) is 0 Å². The molecule has 4 nitrogen and oxygen atoms in total. The second-order valence-electron chi connectivity index (χ2n) is 10.6. The van der Waals surface area contributed by atoms with E-state index in [1.807, 2.05) is 0 Å². The predicted molar refractivity (Wildman–Crippen MR) is 158 cm³/mol. The van der Waals surface area contributed by atoms with E-state index in [0.29, 0.717) is 13.0 Å². The van der Waals surface area contributed by atoms with Gasteiger partial charge in [-0.25, -0.2) is 0 Å². The number of H-pyrrole nitrogens is 1. The Morgan fingerprint density at radius 2 is 1.31 bits per heavy atom. The van der Waals surface area contributed by atoms with Gasteiger partial charge in [-0.2, -0.15) is 0 Å². The summed E-state index contributed by atoms with van der Waals surface area (Å²) in [6, 6.07) is 6.42. The lowest BCUT2D eigenvalue weighted by atomic mass is 10.0. The number of anilines is 1. The maximum Gasteiger partial charge on any atom is 0.220 e. The number of carbonyl (C=O) groups excluding carboxylic acids is 1. The Morgan fingerprint density at radius 1 is 0.750 bits per heavy atom. The van der Waals surface area contributed by atoms with E-state index in [2.05, 4.69) is 53.9 Å². The quantitative estimate of drug-likeness (QED) is 0.134. The van der Waals surface area contributed by atoms with Crippen molar-refractivity contribution >= 4 is 22.5 Å². The molecular weight excluding hydrogens is 442 g/mol. The number of hydrogen-bond donors (Lipinski definition) is 3. The summed E-state index contributed by atoms with van der Waals surface area (Å²) >= 11 is 0. The van der Waals surface area contributed by atoms with Crippen molar-refractivity contribution in [2.75, 3.05) is 18.4 Å². The molecule has 0 saturated carbocycles. The van der Waals surface area contributed by atoms with Gasteiger partial charge in [0.05, 0.1) is 0 Å². The van der Waals surface area contributed by atoms with Crippen LogP contribution in [0.1, 0.15) is 135 Å². The molecule has 204 valence electrons. The van der Waals surface area contributed by atoms with E-state index in [1.54, 1.807) is 0 Å². The van der Waals surface area contributed by atoms with Crippen molar-refractivity contribution in [2.24, 2.45) is 0 Å². The van der Waals surface area contributed by atoms with Gasteiger partial charge in [0.25, 0.3) is 0 Å². The third-order valence-electron chi connectivity index (χ3n) is 7.37. The van der Waals surface area contributed by atoms with Crippen molar-refractivity contribution < 1.29 is 4.79 Å². The van der Waals surface area contributed by atoms with Crippen LogP contribution in [0.4, 0.5) is 5.69 Å². The molecule has 0 radical (unpaired) electrons. The maximum atomic E-state index is 12.2. The normalized spacial score (nSPS) is 11.3. The van der Waals surface area contributed by atoms with Gasteiger partial charge in [0.2, 0.25) is 5.91 Å². The van der Waals surface area contributed by atoms with Crippen LogP contribution in [0.3, 0.4) is 0 Å². The highest BCUT2D eigenvalue weighted by molar-refractivity contribution is 5.86. The zero-order chi connectivity index (χ0) is 25.7. The smallest absolute Gasteiger partial charge is 0.220 e. The fraction of sp³-hybridized carbons (Fsp3) is 0.719. The lowest BCUT2D eigenvalue weighted by Gasteiger charge is -2.06. The Hall–Kier alpha value is -1.97. The molecule has 2 aromatic rings. The molecule has 2 rings (SSSR count). The first-order chi connectivity index (χ1) is 17.7. The van der Waals surface area contributed by atoms with Crippen LogP contribution < -0.4 is 10.6 Å². The second kappa shape index (κ2) is 20.1. The van der Waals surface area contributed by atoms with Crippen LogP contribution in [0.2, 0.25) is 0 Å². The van der Waals surface area contributed by atoms with Crippen LogP contribution in [0.5, 0.6) is 0 Å². The number of amides is 1. The van der Waals surface area contributed by atoms with Crippen LogP contribution >= 0.6 is 0 Å². The molecule has 3 N–H and O–H groups in total. The van der Waals surface area contributed by atoms with E-state index in [-0.39, 0.29) is 5.91 Å². The highest BCUT2D eigenvalue weighted by atomic mass is 16.1. The monoisotopic (exact) mass is 497 g/mol. The molecule has 0 aliphatic heterocycles. The summed E-state index contributed by atoms with van der Waals surface area (Å²) < 4.78 is 0. The summed E-state index contributed by atoms with van der Waals surface area (Å²) in [5, 5.41) is 7.73. The topological polar surface area (TPSA) is 56.9 Å². The van der Waals surface area contributed by atoms with Gasteiger partial charge < -0.3 is 15.6 Å². The number of aromatic nitrogens is 1. The van der Waals surface area contributed by atoms with Crippen molar-refractivity contribution in [1.82, 2.24) is 10.3 Å². The molecule has 0 aliphatic rings. The van der Waals surface area contributed by atoms with E-state index in [0.717, 1.165) is 30.6 Å². The van der Waals surface area contributed by atoms with E-state index in [1.165, 1.54) is 114 Å². The number of benzene rings is 1. The second-order valence-corrected chi connectivity index (χ2v) is 10.6. The van der Waals surface area contributed by atoms with E-state index >= 15 is 0 Å². The first-order valence-corrected chi connectivity index (χ1v) is 15.3.